The number of hydrogen-bond acceptors (Lipinski definition) is 3. The molecule has 0 aliphatic heterocycles. The number of aromatic nitrogens is 1. The molecule has 0 spiro atoms. The largest absolute Gasteiger partial charge is 0.416 e. The second-order valence-corrected chi connectivity index (χ2v) is 7.58. The van der Waals surface area contributed by atoms with Crippen LogP contribution in [0.25, 0.3) is 0 Å². The smallest absolute Gasteiger partial charge is 0.387 e. The Bertz CT molecular complexity index is 857. The van der Waals surface area contributed by atoms with Crippen LogP contribution in [-0.2, 0) is 11.6 Å². The molecular weight excluding hydrogens is 520 g/mol. The quantitative estimate of drug-likeness (QED) is 0.272. The van der Waals surface area contributed by atoms with Crippen LogP contribution >= 0.6 is 24.0 Å². The van der Waals surface area contributed by atoms with Gasteiger partial charge in [0.05, 0.1) is 18.2 Å². The van der Waals surface area contributed by atoms with E-state index in [1.807, 2.05) is 6.92 Å². The average molecular weight is 548 g/mol. The first-order chi connectivity index (χ1) is 14.3. The molecule has 9 heteroatoms. The number of halogens is 4. The van der Waals surface area contributed by atoms with E-state index in [4.69, 9.17) is 0 Å². The van der Waals surface area contributed by atoms with Crippen LogP contribution in [0.5, 0.6) is 0 Å². The minimum atomic E-state index is -4.36. The van der Waals surface area contributed by atoms with Crippen molar-refractivity contribution >= 4 is 29.9 Å². The minimum absolute atomic E-state index is 0. The van der Waals surface area contributed by atoms with Gasteiger partial charge in [0.15, 0.2) is 5.96 Å². The van der Waals surface area contributed by atoms with Crippen LogP contribution in [0.2, 0.25) is 0 Å². The fraction of sp³-hybridized carbons (Fsp3) is 0.455. The number of pyridine rings is 1. The van der Waals surface area contributed by atoms with Gasteiger partial charge in [0.2, 0.25) is 0 Å². The Labute approximate surface area is 197 Å². The van der Waals surface area contributed by atoms with E-state index in [0.29, 0.717) is 24.6 Å². The zero-order valence-corrected chi connectivity index (χ0v) is 19.7. The Morgan fingerprint density at radius 2 is 1.90 bits per heavy atom. The first kappa shape index (κ1) is 25.4. The van der Waals surface area contributed by atoms with E-state index in [1.54, 1.807) is 30.6 Å². The summed E-state index contributed by atoms with van der Waals surface area (Å²) in [5.74, 6) is 0.531. The van der Waals surface area contributed by atoms with Crippen molar-refractivity contribution in [2.24, 2.45) is 4.99 Å². The maximum absolute atomic E-state index is 13.1. The molecule has 0 amide bonds. The lowest BCUT2D eigenvalue weighted by molar-refractivity contribution is -0.137. The standard InChI is InChI=1S/C22H27F3N4O.HI/c1-2-27-20(28-14-19(30)16-7-11-26-12-8-16)29-15-21(9-4-10-21)17-5-3-6-18(13-17)22(23,24)25;/h3,5-8,11-13,19,30H,2,4,9-10,14-15H2,1H3,(H2,27,28,29);1H. The van der Waals surface area contributed by atoms with Gasteiger partial charge in [-0.05, 0) is 49.1 Å². The first-order valence-corrected chi connectivity index (χ1v) is 10.1. The topological polar surface area (TPSA) is 69.5 Å². The van der Waals surface area contributed by atoms with E-state index in [1.165, 1.54) is 12.1 Å². The van der Waals surface area contributed by atoms with Crippen molar-refractivity contribution in [1.29, 1.82) is 0 Å². The number of aliphatic imine (C=N–C) groups is 1. The van der Waals surface area contributed by atoms with Gasteiger partial charge in [0.25, 0.3) is 0 Å². The highest BCUT2D eigenvalue weighted by Gasteiger charge is 2.40. The molecule has 3 rings (SSSR count). The maximum Gasteiger partial charge on any atom is 0.416 e. The number of nitrogens with zero attached hydrogens (tertiary/aromatic N) is 2. The maximum atomic E-state index is 13.1. The van der Waals surface area contributed by atoms with Gasteiger partial charge < -0.3 is 15.7 Å². The van der Waals surface area contributed by atoms with Gasteiger partial charge in [-0.3, -0.25) is 9.98 Å². The molecule has 1 aromatic carbocycles. The van der Waals surface area contributed by atoms with E-state index >= 15 is 0 Å². The number of nitrogens with one attached hydrogen (secondary N) is 2. The molecule has 1 aliphatic rings. The monoisotopic (exact) mass is 548 g/mol. The van der Waals surface area contributed by atoms with Gasteiger partial charge in [-0.1, -0.05) is 24.6 Å². The van der Waals surface area contributed by atoms with Gasteiger partial charge in [-0.2, -0.15) is 13.2 Å². The number of guanidine groups is 1. The molecule has 0 radical (unpaired) electrons. The Balaban J connectivity index is 0.00000341. The molecule has 2 aromatic rings. The van der Waals surface area contributed by atoms with Crippen LogP contribution in [0.15, 0.2) is 53.8 Å². The summed E-state index contributed by atoms with van der Waals surface area (Å²) < 4.78 is 39.4. The van der Waals surface area contributed by atoms with E-state index in [9.17, 15) is 18.3 Å². The fourth-order valence-corrected chi connectivity index (χ4v) is 3.64. The number of alkyl halides is 3. The number of aliphatic hydroxyl groups is 1. The third-order valence-electron chi connectivity index (χ3n) is 5.55. The van der Waals surface area contributed by atoms with Crippen molar-refractivity contribution in [3.63, 3.8) is 0 Å². The molecule has 170 valence electrons. The van der Waals surface area contributed by atoms with Crippen molar-refractivity contribution in [2.45, 2.75) is 43.9 Å². The normalized spacial score (nSPS) is 16.6. The molecule has 3 N–H and O–H groups in total. The third kappa shape index (κ3) is 6.55. The van der Waals surface area contributed by atoms with Gasteiger partial charge >= 0.3 is 6.18 Å². The van der Waals surface area contributed by atoms with Gasteiger partial charge in [-0.25, -0.2) is 0 Å². The molecule has 5 nitrogen and oxygen atoms in total. The zero-order chi connectivity index (χ0) is 21.6. The second kappa shape index (κ2) is 11.1. The number of hydrogen-bond donors (Lipinski definition) is 3. The number of rotatable bonds is 7. The third-order valence-corrected chi connectivity index (χ3v) is 5.55. The van der Waals surface area contributed by atoms with Crippen LogP contribution in [0, 0.1) is 0 Å². The highest BCUT2D eigenvalue weighted by molar-refractivity contribution is 14.0. The Morgan fingerprint density at radius 1 is 1.19 bits per heavy atom. The number of benzene rings is 1. The van der Waals surface area contributed by atoms with Gasteiger partial charge in [0.1, 0.15) is 0 Å². The fourth-order valence-electron chi connectivity index (χ4n) is 3.64. The summed E-state index contributed by atoms with van der Waals surface area (Å²) in [5, 5.41) is 16.6. The summed E-state index contributed by atoms with van der Waals surface area (Å²) >= 11 is 0. The van der Waals surface area contributed by atoms with Crippen LogP contribution in [0.4, 0.5) is 13.2 Å². The second-order valence-electron chi connectivity index (χ2n) is 7.58. The van der Waals surface area contributed by atoms with E-state index in [0.717, 1.165) is 30.9 Å². The molecule has 1 aromatic heterocycles. The lowest BCUT2D eigenvalue weighted by Crippen LogP contribution is -2.42. The Kier molecular flexibility index (Phi) is 9.11. The molecule has 1 heterocycles. The summed E-state index contributed by atoms with van der Waals surface area (Å²) in [7, 11) is 0. The highest BCUT2D eigenvalue weighted by atomic mass is 127. The van der Waals surface area contributed by atoms with Crippen molar-refractivity contribution in [3.05, 3.63) is 65.5 Å². The minimum Gasteiger partial charge on any atom is -0.387 e. The van der Waals surface area contributed by atoms with Crippen molar-refractivity contribution in [2.75, 3.05) is 19.6 Å². The van der Waals surface area contributed by atoms with Crippen molar-refractivity contribution in [3.8, 4) is 0 Å². The molecule has 0 bridgehead atoms. The van der Waals surface area contributed by atoms with Crippen molar-refractivity contribution in [1.82, 2.24) is 15.6 Å². The zero-order valence-electron chi connectivity index (χ0n) is 17.3. The first-order valence-electron chi connectivity index (χ1n) is 10.1. The molecule has 1 saturated carbocycles. The molecule has 31 heavy (non-hydrogen) atoms. The highest BCUT2D eigenvalue weighted by Crippen LogP contribution is 2.45. The van der Waals surface area contributed by atoms with Crippen LogP contribution < -0.4 is 10.6 Å². The summed E-state index contributed by atoms with van der Waals surface area (Å²) in [6.07, 6.45) is 0.729. The lowest BCUT2D eigenvalue weighted by atomic mass is 9.64. The van der Waals surface area contributed by atoms with E-state index in [2.05, 4.69) is 20.6 Å². The molecule has 1 aliphatic carbocycles. The van der Waals surface area contributed by atoms with Crippen LogP contribution in [-0.4, -0.2) is 35.7 Å². The Morgan fingerprint density at radius 3 is 2.48 bits per heavy atom. The van der Waals surface area contributed by atoms with E-state index < -0.39 is 17.8 Å². The van der Waals surface area contributed by atoms with Gasteiger partial charge in [-0.15, -0.1) is 24.0 Å². The molecule has 1 fully saturated rings. The predicted octanol–water partition coefficient (Wildman–Crippen LogP) is 4.43. The lowest BCUT2D eigenvalue weighted by Gasteiger charge is -2.41. The number of aliphatic hydroxyl groups excluding tert-OH is 1. The SMILES string of the molecule is CCNC(=NCC1(c2cccc(C(F)(F)F)c2)CCC1)NCC(O)c1ccncc1.I. The summed E-state index contributed by atoms with van der Waals surface area (Å²) in [6, 6.07) is 9.07. The van der Waals surface area contributed by atoms with E-state index in [-0.39, 0.29) is 35.9 Å². The molecule has 0 saturated heterocycles. The van der Waals surface area contributed by atoms with Crippen LogP contribution in [0.3, 0.4) is 0 Å². The average Bonchev–Trinajstić information content (AvgIpc) is 2.71. The Hall–Kier alpha value is -1.88. The van der Waals surface area contributed by atoms with Crippen LogP contribution in [0.1, 0.15) is 49.0 Å². The summed E-state index contributed by atoms with van der Waals surface area (Å²) in [5.41, 5.74) is 0.418. The van der Waals surface area contributed by atoms with Gasteiger partial charge in [0, 0.05) is 30.9 Å². The molecule has 1 atom stereocenters. The predicted molar refractivity (Wildman–Crippen MR) is 126 cm³/mol. The summed E-state index contributed by atoms with van der Waals surface area (Å²) in [6.45, 7) is 3.21. The summed E-state index contributed by atoms with van der Waals surface area (Å²) in [4.78, 5) is 8.57. The molecular formula is C22H28F3IN4O. The molecule has 1 unspecified atom stereocenters. The van der Waals surface area contributed by atoms with Crippen molar-refractivity contribution < 1.29 is 18.3 Å².